The second-order valence-corrected chi connectivity index (χ2v) is 5.00. The molecule has 22 heavy (non-hydrogen) atoms. The molecule has 0 spiro atoms. The number of amides is 2. The minimum atomic E-state index is -1.09. The Hall–Kier alpha value is -2.61. The summed E-state index contributed by atoms with van der Waals surface area (Å²) in [6.07, 6.45) is -1.01. The molecule has 1 unspecified atom stereocenters. The predicted octanol–water partition coefficient (Wildman–Crippen LogP) is -0.0569. The third-order valence-electron chi connectivity index (χ3n) is 3.49. The lowest BCUT2D eigenvalue weighted by molar-refractivity contribution is -0.154. The lowest BCUT2D eigenvalue weighted by Crippen LogP contribution is -2.48. The Balaban J connectivity index is 1.77. The zero-order valence-electron chi connectivity index (χ0n) is 11.6. The number of fused-ring (bicyclic) bond motifs is 1. The van der Waals surface area contributed by atoms with Crippen molar-refractivity contribution in [2.24, 2.45) is 0 Å². The molecule has 0 aromatic heterocycles. The van der Waals surface area contributed by atoms with Crippen molar-refractivity contribution in [1.82, 2.24) is 4.90 Å². The van der Waals surface area contributed by atoms with Crippen LogP contribution in [-0.2, 0) is 14.3 Å². The maximum Gasteiger partial charge on any atom is 0.334 e. The Morgan fingerprint density at radius 3 is 2.95 bits per heavy atom. The maximum absolute atomic E-state index is 12.5. The average Bonchev–Trinajstić information content (AvgIpc) is 2.53. The van der Waals surface area contributed by atoms with Crippen LogP contribution in [0.25, 0.3) is 0 Å². The van der Waals surface area contributed by atoms with Gasteiger partial charge in [0.25, 0.3) is 11.8 Å². The first kappa shape index (κ1) is 14.3. The fraction of sp³-hybridized carbons (Fsp3) is 0.357. The van der Waals surface area contributed by atoms with Crippen molar-refractivity contribution in [3.05, 3.63) is 23.8 Å². The van der Waals surface area contributed by atoms with E-state index in [2.05, 4.69) is 5.32 Å². The highest BCUT2D eigenvalue weighted by molar-refractivity contribution is 5.99. The van der Waals surface area contributed by atoms with Crippen molar-refractivity contribution < 1.29 is 29.0 Å². The molecule has 1 fully saturated rings. The van der Waals surface area contributed by atoms with E-state index in [1.54, 1.807) is 18.2 Å². The lowest BCUT2D eigenvalue weighted by Gasteiger charge is -2.31. The summed E-state index contributed by atoms with van der Waals surface area (Å²) in [6, 6.07) is 4.71. The van der Waals surface area contributed by atoms with Crippen LogP contribution in [0.15, 0.2) is 18.2 Å². The Labute approximate surface area is 125 Å². The molecule has 2 N–H and O–H groups in total. The van der Waals surface area contributed by atoms with Gasteiger partial charge in [-0.15, -0.1) is 0 Å². The van der Waals surface area contributed by atoms with Gasteiger partial charge in [0.2, 0.25) is 0 Å². The number of anilines is 1. The molecule has 116 valence electrons. The Morgan fingerprint density at radius 2 is 2.18 bits per heavy atom. The van der Waals surface area contributed by atoms with Crippen LogP contribution in [0, 0.1) is 0 Å². The number of carbonyl (C=O) groups excluding carboxylic acids is 2. The highest BCUT2D eigenvalue weighted by atomic mass is 16.5. The van der Waals surface area contributed by atoms with E-state index in [1.165, 1.54) is 4.90 Å². The number of rotatable bonds is 2. The number of hydrogen-bond acceptors (Lipinski definition) is 5. The smallest absolute Gasteiger partial charge is 0.334 e. The number of nitrogens with zero attached hydrogens (tertiary/aromatic N) is 1. The normalized spacial score (nSPS) is 20.6. The van der Waals surface area contributed by atoms with Crippen LogP contribution in [0.4, 0.5) is 5.69 Å². The zero-order valence-corrected chi connectivity index (χ0v) is 11.6. The molecule has 0 saturated carbocycles. The van der Waals surface area contributed by atoms with Gasteiger partial charge < -0.3 is 24.8 Å². The SMILES string of the molecule is O=C1COc2cc(C(=O)N3CCOC(C(=O)O)C3)ccc2N1. The first-order valence-electron chi connectivity index (χ1n) is 6.75. The van der Waals surface area contributed by atoms with Crippen molar-refractivity contribution in [3.63, 3.8) is 0 Å². The van der Waals surface area contributed by atoms with Crippen LogP contribution in [0.2, 0.25) is 0 Å². The zero-order chi connectivity index (χ0) is 15.7. The summed E-state index contributed by atoms with van der Waals surface area (Å²) in [5, 5.41) is 11.6. The van der Waals surface area contributed by atoms with E-state index in [9.17, 15) is 14.4 Å². The maximum atomic E-state index is 12.5. The van der Waals surface area contributed by atoms with Crippen molar-refractivity contribution in [1.29, 1.82) is 0 Å². The molecule has 2 heterocycles. The second kappa shape index (κ2) is 5.64. The summed E-state index contributed by atoms with van der Waals surface area (Å²) in [4.78, 5) is 36.1. The van der Waals surface area contributed by atoms with Crippen LogP contribution in [0.1, 0.15) is 10.4 Å². The fourth-order valence-electron chi connectivity index (χ4n) is 2.37. The Kier molecular flexibility index (Phi) is 3.68. The topological polar surface area (TPSA) is 105 Å². The van der Waals surface area contributed by atoms with Gasteiger partial charge in [-0.3, -0.25) is 9.59 Å². The van der Waals surface area contributed by atoms with Crippen LogP contribution >= 0.6 is 0 Å². The number of benzene rings is 1. The number of carboxylic acids is 1. The molecule has 1 saturated heterocycles. The van der Waals surface area contributed by atoms with Crippen molar-refractivity contribution in [2.75, 3.05) is 31.6 Å². The van der Waals surface area contributed by atoms with Crippen LogP contribution in [0.3, 0.4) is 0 Å². The van der Waals surface area contributed by atoms with Gasteiger partial charge in [0.1, 0.15) is 5.75 Å². The van der Waals surface area contributed by atoms with E-state index in [0.717, 1.165) is 0 Å². The number of aliphatic carboxylic acids is 1. The fourth-order valence-corrected chi connectivity index (χ4v) is 2.37. The molecule has 8 nitrogen and oxygen atoms in total. The molecule has 1 aromatic carbocycles. The van der Waals surface area contributed by atoms with Gasteiger partial charge in [0.15, 0.2) is 12.7 Å². The minimum Gasteiger partial charge on any atom is -0.482 e. The van der Waals surface area contributed by atoms with E-state index in [-0.39, 0.29) is 31.6 Å². The quantitative estimate of drug-likeness (QED) is 0.793. The summed E-state index contributed by atoms with van der Waals surface area (Å²) in [6.45, 7) is 0.420. The molecule has 2 aliphatic heterocycles. The van der Waals surface area contributed by atoms with Crippen LogP contribution in [-0.4, -0.2) is 60.2 Å². The molecule has 2 amide bonds. The van der Waals surface area contributed by atoms with Gasteiger partial charge >= 0.3 is 5.97 Å². The summed E-state index contributed by atoms with van der Waals surface area (Å²) >= 11 is 0. The van der Waals surface area contributed by atoms with E-state index in [4.69, 9.17) is 14.6 Å². The molecule has 2 aliphatic rings. The van der Waals surface area contributed by atoms with Crippen LogP contribution in [0.5, 0.6) is 5.75 Å². The van der Waals surface area contributed by atoms with E-state index < -0.39 is 12.1 Å². The van der Waals surface area contributed by atoms with Gasteiger partial charge in [-0.25, -0.2) is 4.79 Å². The molecule has 1 aromatic rings. The summed E-state index contributed by atoms with van der Waals surface area (Å²) in [5.41, 5.74) is 0.888. The molecule has 8 heteroatoms. The number of carbonyl (C=O) groups is 3. The van der Waals surface area contributed by atoms with Gasteiger partial charge in [-0.1, -0.05) is 0 Å². The number of ether oxygens (including phenoxy) is 2. The number of carboxylic acid groups (broad SMARTS) is 1. The first-order chi connectivity index (χ1) is 10.5. The first-order valence-corrected chi connectivity index (χ1v) is 6.75. The second-order valence-electron chi connectivity index (χ2n) is 5.00. The molecular weight excluding hydrogens is 292 g/mol. The molecule has 1 atom stereocenters. The molecule has 3 rings (SSSR count). The van der Waals surface area contributed by atoms with E-state index in [0.29, 0.717) is 23.5 Å². The number of morpholine rings is 1. The summed E-state index contributed by atoms with van der Waals surface area (Å²) in [5.74, 6) is -1.20. The van der Waals surface area contributed by atoms with Crippen molar-refractivity contribution in [3.8, 4) is 5.75 Å². The highest BCUT2D eigenvalue weighted by Crippen LogP contribution is 2.29. The third-order valence-corrected chi connectivity index (χ3v) is 3.49. The van der Waals surface area contributed by atoms with Gasteiger partial charge in [0, 0.05) is 12.1 Å². The van der Waals surface area contributed by atoms with Gasteiger partial charge in [-0.05, 0) is 18.2 Å². The average molecular weight is 306 g/mol. The third kappa shape index (κ3) is 2.73. The lowest BCUT2D eigenvalue weighted by atomic mass is 10.1. The van der Waals surface area contributed by atoms with Crippen LogP contribution < -0.4 is 10.1 Å². The molecule has 0 aliphatic carbocycles. The molecular formula is C14H14N2O6. The van der Waals surface area contributed by atoms with E-state index >= 15 is 0 Å². The molecule has 0 radical (unpaired) electrons. The summed E-state index contributed by atoms with van der Waals surface area (Å²) in [7, 11) is 0. The predicted molar refractivity (Wildman–Crippen MR) is 73.8 cm³/mol. The Morgan fingerprint density at radius 1 is 1.36 bits per heavy atom. The minimum absolute atomic E-state index is 0.00282. The highest BCUT2D eigenvalue weighted by Gasteiger charge is 2.30. The van der Waals surface area contributed by atoms with Crippen molar-refractivity contribution >= 4 is 23.5 Å². The number of hydrogen-bond donors (Lipinski definition) is 2. The summed E-state index contributed by atoms with van der Waals surface area (Å²) < 4.78 is 10.4. The Bertz CT molecular complexity index is 644. The number of nitrogens with one attached hydrogen (secondary N) is 1. The van der Waals surface area contributed by atoms with Gasteiger partial charge in [-0.2, -0.15) is 0 Å². The standard InChI is InChI=1S/C14H14N2O6/c17-12-7-22-10-5-8(1-2-9(10)15-12)13(18)16-3-4-21-11(6-16)14(19)20/h1-2,5,11H,3-4,6-7H2,(H,15,17)(H,19,20). The van der Waals surface area contributed by atoms with Gasteiger partial charge in [0.05, 0.1) is 18.8 Å². The monoisotopic (exact) mass is 306 g/mol. The molecule has 0 bridgehead atoms. The van der Waals surface area contributed by atoms with E-state index in [1.807, 2.05) is 0 Å². The van der Waals surface area contributed by atoms with Crippen molar-refractivity contribution in [2.45, 2.75) is 6.10 Å². The largest absolute Gasteiger partial charge is 0.482 e.